The number of halogens is 4. The fraction of sp³-hybridized carbons (Fsp3) is 0.538. The van der Waals surface area contributed by atoms with Crippen molar-refractivity contribution in [3.05, 3.63) is 34.9 Å². The summed E-state index contributed by atoms with van der Waals surface area (Å²) in [6.45, 7) is 2.70. The van der Waals surface area contributed by atoms with Crippen LogP contribution < -0.4 is 0 Å². The minimum atomic E-state index is -4.28. The molecular formula is C13H16ClF3O. The van der Waals surface area contributed by atoms with Crippen LogP contribution >= 0.6 is 11.6 Å². The maximum absolute atomic E-state index is 11.9. The minimum Gasteiger partial charge on any atom is -0.372 e. The molecule has 0 aliphatic rings. The van der Waals surface area contributed by atoms with Crippen LogP contribution in [0, 0.1) is 13.8 Å². The highest BCUT2D eigenvalue weighted by molar-refractivity contribution is 6.20. The van der Waals surface area contributed by atoms with Gasteiger partial charge in [0.2, 0.25) is 0 Å². The molecule has 0 aliphatic carbocycles. The van der Waals surface area contributed by atoms with Crippen molar-refractivity contribution in [3.63, 3.8) is 0 Å². The third-order valence-electron chi connectivity index (χ3n) is 2.54. The maximum Gasteiger partial charge on any atom is 0.411 e. The Kier molecular flexibility index (Phi) is 5.47. The van der Waals surface area contributed by atoms with Crippen LogP contribution in [0.4, 0.5) is 13.2 Å². The van der Waals surface area contributed by atoms with E-state index in [9.17, 15) is 13.2 Å². The zero-order chi connectivity index (χ0) is 13.8. The highest BCUT2D eigenvalue weighted by Gasteiger charge is 2.27. The molecule has 1 atom stereocenters. The number of alkyl halides is 4. The van der Waals surface area contributed by atoms with Gasteiger partial charge in [0.1, 0.15) is 6.61 Å². The first-order chi connectivity index (χ1) is 8.29. The van der Waals surface area contributed by atoms with E-state index in [0.717, 1.165) is 16.7 Å². The molecule has 1 aromatic carbocycles. The van der Waals surface area contributed by atoms with Gasteiger partial charge < -0.3 is 4.74 Å². The molecule has 0 bridgehead atoms. The number of hydrogen-bond acceptors (Lipinski definition) is 1. The molecule has 0 amide bonds. The monoisotopic (exact) mass is 280 g/mol. The quantitative estimate of drug-likeness (QED) is 0.568. The van der Waals surface area contributed by atoms with Crippen LogP contribution in [-0.2, 0) is 4.74 Å². The fourth-order valence-electron chi connectivity index (χ4n) is 1.71. The molecule has 18 heavy (non-hydrogen) atoms. The zero-order valence-corrected chi connectivity index (χ0v) is 11.1. The van der Waals surface area contributed by atoms with E-state index >= 15 is 0 Å². The molecule has 0 N–H and O–H groups in total. The molecule has 0 aliphatic heterocycles. The van der Waals surface area contributed by atoms with Crippen molar-refractivity contribution in [2.45, 2.75) is 31.8 Å². The van der Waals surface area contributed by atoms with Gasteiger partial charge in [-0.05, 0) is 31.4 Å². The Bertz CT molecular complexity index is 390. The van der Waals surface area contributed by atoms with E-state index in [1.165, 1.54) is 0 Å². The van der Waals surface area contributed by atoms with E-state index in [1.54, 1.807) is 0 Å². The second-order valence-corrected chi connectivity index (χ2v) is 4.81. The van der Waals surface area contributed by atoms with Gasteiger partial charge in [0.15, 0.2) is 0 Å². The van der Waals surface area contributed by atoms with Crippen LogP contribution in [0.3, 0.4) is 0 Å². The Labute approximate surface area is 110 Å². The van der Waals surface area contributed by atoms with Crippen molar-refractivity contribution in [1.82, 2.24) is 0 Å². The lowest BCUT2D eigenvalue weighted by molar-refractivity contribution is -0.174. The summed E-state index contributed by atoms with van der Waals surface area (Å²) in [5, 5.41) is -0.321. The first-order valence-electron chi connectivity index (χ1n) is 5.65. The third-order valence-corrected chi connectivity index (χ3v) is 3.00. The molecule has 0 fully saturated rings. The predicted molar refractivity (Wildman–Crippen MR) is 66.0 cm³/mol. The smallest absolute Gasteiger partial charge is 0.372 e. The summed E-state index contributed by atoms with van der Waals surface area (Å²) in [5.41, 5.74) is 3.12. The Morgan fingerprint density at radius 1 is 1.28 bits per heavy atom. The lowest BCUT2D eigenvalue weighted by Gasteiger charge is -2.14. The third kappa shape index (κ3) is 5.27. The normalized spacial score (nSPS) is 13.7. The topological polar surface area (TPSA) is 9.23 Å². The van der Waals surface area contributed by atoms with Gasteiger partial charge in [0.05, 0.1) is 5.38 Å². The highest BCUT2D eigenvalue weighted by Crippen LogP contribution is 2.27. The molecule has 1 aromatic rings. The lowest BCUT2D eigenvalue weighted by atomic mass is 10.0. The van der Waals surface area contributed by atoms with E-state index in [-0.39, 0.29) is 12.0 Å². The van der Waals surface area contributed by atoms with Gasteiger partial charge in [0.25, 0.3) is 0 Å². The van der Waals surface area contributed by atoms with Gasteiger partial charge in [0, 0.05) is 6.61 Å². The van der Waals surface area contributed by atoms with Crippen molar-refractivity contribution >= 4 is 11.6 Å². The number of benzene rings is 1. The fourth-order valence-corrected chi connectivity index (χ4v) is 2.04. The second-order valence-electron chi connectivity index (χ2n) is 4.28. The van der Waals surface area contributed by atoms with Gasteiger partial charge in [-0.1, -0.05) is 23.8 Å². The Balaban J connectivity index is 2.43. The van der Waals surface area contributed by atoms with E-state index in [4.69, 9.17) is 11.6 Å². The Morgan fingerprint density at radius 2 is 1.94 bits per heavy atom. The molecule has 0 heterocycles. The molecule has 0 spiro atoms. The van der Waals surface area contributed by atoms with Crippen molar-refractivity contribution in [3.8, 4) is 0 Å². The predicted octanol–water partition coefficient (Wildman–Crippen LogP) is 4.55. The summed E-state index contributed by atoms with van der Waals surface area (Å²) < 4.78 is 40.1. The summed E-state index contributed by atoms with van der Waals surface area (Å²) in [4.78, 5) is 0. The molecule has 1 rings (SSSR count). The van der Waals surface area contributed by atoms with Gasteiger partial charge in [-0.2, -0.15) is 13.2 Å². The van der Waals surface area contributed by atoms with E-state index < -0.39 is 12.8 Å². The molecule has 0 saturated heterocycles. The molecule has 5 heteroatoms. The Hall–Kier alpha value is -0.740. The van der Waals surface area contributed by atoms with Crippen molar-refractivity contribution < 1.29 is 17.9 Å². The van der Waals surface area contributed by atoms with Gasteiger partial charge in [-0.15, -0.1) is 11.6 Å². The minimum absolute atomic E-state index is 0.000985. The molecule has 102 valence electrons. The van der Waals surface area contributed by atoms with Crippen LogP contribution in [0.1, 0.15) is 28.5 Å². The summed E-state index contributed by atoms with van der Waals surface area (Å²) in [7, 11) is 0. The van der Waals surface area contributed by atoms with E-state index in [2.05, 4.69) is 4.74 Å². The van der Waals surface area contributed by atoms with E-state index in [0.29, 0.717) is 6.42 Å². The van der Waals surface area contributed by atoms with Gasteiger partial charge in [-0.25, -0.2) is 0 Å². The van der Waals surface area contributed by atoms with Crippen LogP contribution in [0.15, 0.2) is 18.2 Å². The van der Waals surface area contributed by atoms with Crippen LogP contribution in [-0.4, -0.2) is 19.4 Å². The maximum atomic E-state index is 11.9. The van der Waals surface area contributed by atoms with Crippen LogP contribution in [0.5, 0.6) is 0 Å². The molecule has 0 aromatic heterocycles. The molecule has 0 radical (unpaired) electrons. The van der Waals surface area contributed by atoms with Crippen molar-refractivity contribution in [2.75, 3.05) is 13.2 Å². The largest absolute Gasteiger partial charge is 0.411 e. The summed E-state index contributed by atoms with van der Waals surface area (Å²) >= 11 is 6.15. The molecule has 1 unspecified atom stereocenters. The lowest BCUT2D eigenvalue weighted by Crippen LogP contribution is -2.17. The average Bonchev–Trinajstić information content (AvgIpc) is 2.22. The number of rotatable bonds is 5. The number of ether oxygens (including phenoxy) is 1. The van der Waals surface area contributed by atoms with E-state index in [1.807, 2.05) is 32.0 Å². The standard InChI is InChI=1S/C13H16ClF3O/c1-9-3-4-11(10(2)7-9)12(14)5-6-18-8-13(15,16)17/h3-4,7,12H,5-6,8H2,1-2H3. The highest BCUT2D eigenvalue weighted by atomic mass is 35.5. The van der Waals surface area contributed by atoms with Gasteiger partial charge in [-0.3, -0.25) is 0 Å². The SMILES string of the molecule is Cc1ccc(C(Cl)CCOCC(F)(F)F)c(C)c1. The van der Waals surface area contributed by atoms with Crippen LogP contribution in [0.2, 0.25) is 0 Å². The summed E-state index contributed by atoms with van der Waals surface area (Å²) in [6, 6.07) is 5.85. The molecular weight excluding hydrogens is 265 g/mol. The first kappa shape index (κ1) is 15.3. The summed E-state index contributed by atoms with van der Waals surface area (Å²) in [5.74, 6) is 0. The number of hydrogen-bond donors (Lipinski definition) is 0. The van der Waals surface area contributed by atoms with Gasteiger partial charge >= 0.3 is 6.18 Å². The van der Waals surface area contributed by atoms with Crippen molar-refractivity contribution in [1.29, 1.82) is 0 Å². The van der Waals surface area contributed by atoms with Crippen LogP contribution in [0.25, 0.3) is 0 Å². The zero-order valence-electron chi connectivity index (χ0n) is 10.4. The van der Waals surface area contributed by atoms with Crippen molar-refractivity contribution in [2.24, 2.45) is 0 Å². The molecule has 1 nitrogen and oxygen atoms in total. The Morgan fingerprint density at radius 3 is 2.50 bits per heavy atom. The molecule has 0 saturated carbocycles. The first-order valence-corrected chi connectivity index (χ1v) is 6.09. The average molecular weight is 281 g/mol. The second kappa shape index (κ2) is 6.43. The number of aryl methyl sites for hydroxylation is 2. The summed E-state index contributed by atoms with van der Waals surface area (Å²) in [6.07, 6.45) is -3.91.